The lowest BCUT2D eigenvalue weighted by Gasteiger charge is -2.25. The van der Waals surface area contributed by atoms with E-state index in [1.54, 1.807) is 6.92 Å². The molecule has 118 valence electrons. The second kappa shape index (κ2) is 9.15. The summed E-state index contributed by atoms with van der Waals surface area (Å²) in [6, 6.07) is 0. The van der Waals surface area contributed by atoms with Crippen molar-refractivity contribution < 1.29 is 14.0 Å². The summed E-state index contributed by atoms with van der Waals surface area (Å²) in [5.74, 6) is 0.226. The second-order valence-electron chi connectivity index (χ2n) is 4.77. The Labute approximate surface area is 125 Å². The number of rotatable bonds is 7. The van der Waals surface area contributed by atoms with Crippen LogP contribution in [0.15, 0.2) is 28.8 Å². The van der Waals surface area contributed by atoms with Gasteiger partial charge in [0.25, 0.3) is 5.91 Å². The number of carbonyl (C=O) groups excluding carboxylic acids is 1. The zero-order chi connectivity index (χ0) is 15.7. The van der Waals surface area contributed by atoms with Gasteiger partial charge in [0, 0.05) is 26.2 Å². The average Bonchev–Trinajstić information content (AvgIpc) is 2.48. The Balaban J connectivity index is 2.74. The molecule has 0 spiro atoms. The Bertz CT molecular complexity index is 444. The van der Waals surface area contributed by atoms with Crippen LogP contribution < -0.4 is 5.32 Å². The van der Waals surface area contributed by atoms with Crippen LogP contribution in [-0.2, 0) is 9.63 Å². The van der Waals surface area contributed by atoms with Crippen LogP contribution in [0.1, 0.15) is 33.1 Å². The molecule has 21 heavy (non-hydrogen) atoms. The molecule has 0 radical (unpaired) electrons. The molecule has 0 saturated heterocycles. The summed E-state index contributed by atoms with van der Waals surface area (Å²) in [5.41, 5.74) is 1.46. The fourth-order valence-electron chi connectivity index (χ4n) is 1.90. The number of allylic oxidation sites excluding steroid dienone is 2. The third kappa shape index (κ3) is 5.57. The van der Waals surface area contributed by atoms with E-state index in [1.165, 1.54) is 5.57 Å². The highest BCUT2D eigenvalue weighted by molar-refractivity contribution is 6.38. The Hall–Kier alpha value is -1.85. The van der Waals surface area contributed by atoms with Crippen LogP contribution in [0.25, 0.3) is 0 Å². The fraction of sp³-hybridized carbons (Fsp3) is 0.600. The van der Waals surface area contributed by atoms with E-state index in [1.807, 2.05) is 18.0 Å². The van der Waals surface area contributed by atoms with Crippen LogP contribution in [0.5, 0.6) is 0 Å². The highest BCUT2D eigenvalue weighted by atomic mass is 19.1. The molecule has 0 aromatic rings. The van der Waals surface area contributed by atoms with E-state index in [0.29, 0.717) is 12.3 Å². The van der Waals surface area contributed by atoms with E-state index in [2.05, 4.69) is 23.5 Å². The highest BCUT2D eigenvalue weighted by Crippen LogP contribution is 2.19. The molecule has 1 heterocycles. The van der Waals surface area contributed by atoms with E-state index in [0.717, 1.165) is 19.4 Å². The van der Waals surface area contributed by atoms with Gasteiger partial charge in [0.15, 0.2) is 0 Å². The molecule has 0 bridgehead atoms. The Morgan fingerprint density at radius 1 is 1.57 bits per heavy atom. The topological polar surface area (TPSA) is 53.9 Å². The maximum Gasteiger partial charge on any atom is 0.269 e. The number of nitrogens with one attached hydrogen (secondary N) is 1. The van der Waals surface area contributed by atoms with Gasteiger partial charge in [-0.3, -0.25) is 4.79 Å². The number of hydrogen-bond donors (Lipinski definition) is 1. The first-order chi connectivity index (χ1) is 10.1. The Morgan fingerprint density at radius 2 is 2.33 bits per heavy atom. The standard InChI is InChI=1S/C15H24FN3O2/c1-4-6-12-7-10-19(3)14(11-12)21-18-13(5-2)15(20)17-9-8-16/h6,11H,4-5,7-10H2,1-3H3,(H,17,20)/b12-6-,18-13+. The van der Waals surface area contributed by atoms with Gasteiger partial charge in [-0.2, -0.15) is 0 Å². The molecule has 0 aromatic carbocycles. The molecule has 0 unspecified atom stereocenters. The molecular weight excluding hydrogens is 273 g/mol. The molecule has 0 aromatic heterocycles. The van der Waals surface area contributed by atoms with Crippen molar-refractivity contribution in [2.75, 3.05) is 26.8 Å². The molecule has 0 atom stereocenters. The van der Waals surface area contributed by atoms with Crippen LogP contribution in [0.2, 0.25) is 0 Å². The van der Waals surface area contributed by atoms with E-state index >= 15 is 0 Å². The summed E-state index contributed by atoms with van der Waals surface area (Å²) in [4.78, 5) is 19.1. The molecule has 1 aliphatic heterocycles. The van der Waals surface area contributed by atoms with Gasteiger partial charge < -0.3 is 15.1 Å². The molecule has 1 N–H and O–H groups in total. The lowest BCUT2D eigenvalue weighted by atomic mass is 10.1. The second-order valence-corrected chi connectivity index (χ2v) is 4.77. The summed E-state index contributed by atoms with van der Waals surface area (Å²) < 4.78 is 12.1. The predicted molar refractivity (Wildman–Crippen MR) is 81.5 cm³/mol. The number of amides is 1. The molecule has 1 rings (SSSR count). The van der Waals surface area contributed by atoms with Gasteiger partial charge >= 0.3 is 0 Å². The maximum absolute atomic E-state index is 12.1. The van der Waals surface area contributed by atoms with Gasteiger partial charge in [0.2, 0.25) is 5.88 Å². The van der Waals surface area contributed by atoms with Crippen molar-refractivity contribution in [3.8, 4) is 0 Å². The molecule has 6 heteroatoms. The SMILES string of the molecule is CC/C=C1\C=C(O/N=C(\CC)C(=O)NCCF)N(C)CC1. The minimum absolute atomic E-state index is 0.0101. The van der Waals surface area contributed by atoms with E-state index in [4.69, 9.17) is 4.84 Å². The van der Waals surface area contributed by atoms with Crippen LogP contribution in [0.3, 0.4) is 0 Å². The fourth-order valence-corrected chi connectivity index (χ4v) is 1.90. The Kier molecular flexibility index (Phi) is 7.50. The number of halogens is 1. The first-order valence-electron chi connectivity index (χ1n) is 7.32. The van der Waals surface area contributed by atoms with Crippen molar-refractivity contribution >= 4 is 11.6 Å². The van der Waals surface area contributed by atoms with Gasteiger partial charge in [-0.25, -0.2) is 4.39 Å². The largest absolute Gasteiger partial charge is 0.348 e. The number of alkyl halides is 1. The normalized spacial score (nSPS) is 17.7. The molecule has 0 saturated carbocycles. The lowest BCUT2D eigenvalue weighted by molar-refractivity contribution is -0.115. The molecule has 0 aliphatic carbocycles. The summed E-state index contributed by atoms with van der Waals surface area (Å²) in [6.07, 6.45) is 6.45. The van der Waals surface area contributed by atoms with E-state index < -0.39 is 12.6 Å². The minimum atomic E-state index is -0.595. The summed E-state index contributed by atoms with van der Waals surface area (Å²) in [7, 11) is 1.92. The lowest BCUT2D eigenvalue weighted by Crippen LogP contribution is -2.32. The average molecular weight is 297 g/mol. The minimum Gasteiger partial charge on any atom is -0.348 e. The molecule has 0 fully saturated rings. The zero-order valence-electron chi connectivity index (χ0n) is 13.0. The van der Waals surface area contributed by atoms with Gasteiger partial charge in [0.1, 0.15) is 12.4 Å². The third-order valence-electron chi connectivity index (χ3n) is 3.11. The van der Waals surface area contributed by atoms with Crippen molar-refractivity contribution in [2.45, 2.75) is 33.1 Å². The van der Waals surface area contributed by atoms with E-state index in [-0.39, 0.29) is 12.3 Å². The smallest absolute Gasteiger partial charge is 0.269 e. The van der Waals surface area contributed by atoms with Crippen LogP contribution >= 0.6 is 0 Å². The predicted octanol–water partition coefficient (Wildman–Crippen LogP) is 2.37. The van der Waals surface area contributed by atoms with Gasteiger partial charge in [0.05, 0.1) is 0 Å². The highest BCUT2D eigenvalue weighted by Gasteiger charge is 2.15. The number of carbonyl (C=O) groups is 1. The van der Waals surface area contributed by atoms with Crippen LogP contribution in [0, 0.1) is 0 Å². The van der Waals surface area contributed by atoms with Crippen LogP contribution in [-0.4, -0.2) is 43.3 Å². The maximum atomic E-state index is 12.1. The van der Waals surface area contributed by atoms with Gasteiger partial charge in [-0.15, -0.1) is 0 Å². The first kappa shape index (κ1) is 17.2. The number of hydrogen-bond acceptors (Lipinski definition) is 4. The summed E-state index contributed by atoms with van der Waals surface area (Å²) in [6.45, 7) is 4.13. The summed E-state index contributed by atoms with van der Waals surface area (Å²) in [5, 5.41) is 6.35. The molecule has 1 amide bonds. The quantitative estimate of drug-likeness (QED) is 0.580. The van der Waals surface area contributed by atoms with Crippen molar-refractivity contribution in [3.05, 3.63) is 23.6 Å². The molecule has 5 nitrogen and oxygen atoms in total. The molecular formula is C15H24FN3O2. The van der Waals surface area contributed by atoms with Crippen LogP contribution in [0.4, 0.5) is 4.39 Å². The monoisotopic (exact) mass is 297 g/mol. The molecule has 1 aliphatic rings. The third-order valence-corrected chi connectivity index (χ3v) is 3.11. The zero-order valence-corrected chi connectivity index (χ0v) is 13.0. The summed E-state index contributed by atoms with van der Waals surface area (Å²) >= 11 is 0. The van der Waals surface area contributed by atoms with Crippen molar-refractivity contribution in [2.24, 2.45) is 5.16 Å². The number of nitrogens with zero attached hydrogens (tertiary/aromatic N) is 2. The van der Waals surface area contributed by atoms with Crippen molar-refractivity contribution in [1.29, 1.82) is 0 Å². The number of oxime groups is 1. The van der Waals surface area contributed by atoms with Crippen molar-refractivity contribution in [1.82, 2.24) is 10.2 Å². The Morgan fingerprint density at radius 3 is 2.95 bits per heavy atom. The van der Waals surface area contributed by atoms with Gasteiger partial charge in [-0.1, -0.05) is 25.1 Å². The van der Waals surface area contributed by atoms with E-state index in [9.17, 15) is 9.18 Å². The van der Waals surface area contributed by atoms with Gasteiger partial charge in [-0.05, 0) is 24.8 Å². The van der Waals surface area contributed by atoms with Crippen molar-refractivity contribution in [3.63, 3.8) is 0 Å². The first-order valence-corrected chi connectivity index (χ1v) is 7.32.